The molecule has 0 aliphatic heterocycles. The summed E-state index contributed by atoms with van der Waals surface area (Å²) in [5.41, 5.74) is 0.0203. The van der Waals surface area contributed by atoms with E-state index in [1.54, 1.807) is 0 Å². The molecule has 0 spiro atoms. The van der Waals surface area contributed by atoms with Gasteiger partial charge in [-0.2, -0.15) is 35.8 Å². The van der Waals surface area contributed by atoms with Crippen molar-refractivity contribution in [2.75, 3.05) is 0 Å². The molecule has 4 nitrogen and oxygen atoms in total. The van der Waals surface area contributed by atoms with Gasteiger partial charge in [-0.25, -0.2) is 0 Å². The van der Waals surface area contributed by atoms with Gasteiger partial charge < -0.3 is 5.32 Å². The zero-order chi connectivity index (χ0) is 15.8. The number of carbonyl (C=O) groups is 1. The quantitative estimate of drug-likeness (QED) is 0.863. The van der Waals surface area contributed by atoms with E-state index in [0.29, 0.717) is 0 Å². The lowest BCUT2D eigenvalue weighted by molar-refractivity contribution is -0.344. The maximum absolute atomic E-state index is 12.9. The second-order valence-electron chi connectivity index (χ2n) is 3.81. The fourth-order valence-electron chi connectivity index (χ4n) is 1.16. The van der Waals surface area contributed by atoms with E-state index < -0.39 is 30.5 Å². The molecule has 0 aromatic carbocycles. The molecule has 1 rings (SSSR count). The second kappa shape index (κ2) is 4.94. The number of alkyl halides is 7. The van der Waals surface area contributed by atoms with Crippen molar-refractivity contribution in [2.45, 2.75) is 24.6 Å². The molecule has 0 saturated carbocycles. The molecule has 114 valence electrons. The topological polar surface area (TPSA) is 46.9 Å². The lowest BCUT2D eigenvalue weighted by atomic mass is 10.1. The number of carbonyl (C=O) groups excluding carboxylic acids is 1. The third-order valence-electron chi connectivity index (χ3n) is 2.23. The molecule has 0 unspecified atom stereocenters. The van der Waals surface area contributed by atoms with Crippen LogP contribution in [-0.2, 0) is 18.4 Å². The number of amides is 1. The number of halogens is 7. The summed E-state index contributed by atoms with van der Waals surface area (Å²) in [6.07, 6.45) is -5.18. The van der Waals surface area contributed by atoms with E-state index in [0.717, 1.165) is 0 Å². The van der Waals surface area contributed by atoms with Crippen LogP contribution < -0.4 is 5.32 Å². The van der Waals surface area contributed by atoms with Crippen LogP contribution in [0.4, 0.5) is 30.7 Å². The number of nitrogens with one attached hydrogen (secondary N) is 1. The molecule has 0 aliphatic carbocycles. The lowest BCUT2D eigenvalue weighted by Crippen LogP contribution is -2.59. The molecule has 0 radical (unpaired) electrons. The Morgan fingerprint density at radius 2 is 1.80 bits per heavy atom. The molecule has 1 heterocycles. The number of nitrogens with zero attached hydrogens (tertiary/aromatic N) is 2. The van der Waals surface area contributed by atoms with Crippen molar-refractivity contribution in [2.24, 2.45) is 7.05 Å². The zero-order valence-corrected chi connectivity index (χ0v) is 9.81. The number of aryl methyl sites for hydroxylation is 1. The van der Waals surface area contributed by atoms with Crippen molar-refractivity contribution in [1.82, 2.24) is 15.1 Å². The second-order valence-corrected chi connectivity index (χ2v) is 3.81. The predicted octanol–water partition coefficient (Wildman–Crippen LogP) is 1.87. The van der Waals surface area contributed by atoms with Gasteiger partial charge in [0.2, 0.25) is 0 Å². The average Bonchev–Trinajstić information content (AvgIpc) is 2.70. The fraction of sp³-hybridized carbons (Fsp3) is 0.556. The molecule has 0 bridgehead atoms. The highest BCUT2D eigenvalue weighted by Gasteiger charge is 2.76. The van der Waals surface area contributed by atoms with Gasteiger partial charge in [0.15, 0.2) is 0 Å². The van der Waals surface area contributed by atoms with Crippen molar-refractivity contribution in [3.63, 3.8) is 0 Å². The molecule has 1 N–H and O–H groups in total. The van der Waals surface area contributed by atoms with Gasteiger partial charge in [0.1, 0.15) is 0 Å². The predicted molar refractivity (Wildman–Crippen MR) is 51.0 cm³/mol. The smallest absolute Gasteiger partial charge is 0.345 e. The molecule has 1 aromatic heterocycles. The van der Waals surface area contributed by atoms with E-state index >= 15 is 0 Å². The molecule has 11 heteroatoms. The summed E-state index contributed by atoms with van der Waals surface area (Å²) in [6, 6.07) is 1.26. The largest absolute Gasteiger partial charge is 0.460 e. The Balaban J connectivity index is 2.79. The van der Waals surface area contributed by atoms with E-state index in [1.807, 2.05) is 0 Å². The molecule has 1 aromatic rings. The van der Waals surface area contributed by atoms with Gasteiger partial charge in [0.05, 0.1) is 12.2 Å². The first-order valence-electron chi connectivity index (χ1n) is 4.99. The number of hydrogen-bond donors (Lipinski definition) is 1. The first-order chi connectivity index (χ1) is 8.89. The molecule has 0 aliphatic rings. The summed E-state index contributed by atoms with van der Waals surface area (Å²) in [6.45, 7) is -0.705. The van der Waals surface area contributed by atoms with Crippen LogP contribution in [0.2, 0.25) is 0 Å². The monoisotopic (exact) mass is 307 g/mol. The molecule has 0 atom stereocenters. The Labute approximate surface area is 107 Å². The van der Waals surface area contributed by atoms with Crippen LogP contribution in [-0.4, -0.2) is 33.7 Å². The minimum absolute atomic E-state index is 0.0203. The van der Waals surface area contributed by atoms with Crippen LogP contribution in [0.5, 0.6) is 0 Å². The maximum Gasteiger partial charge on any atom is 0.460 e. The van der Waals surface area contributed by atoms with Crippen LogP contribution in [0.15, 0.2) is 12.3 Å². The number of hydrogen-bond acceptors (Lipinski definition) is 2. The van der Waals surface area contributed by atoms with Gasteiger partial charge in [-0.3, -0.25) is 9.48 Å². The summed E-state index contributed by atoms with van der Waals surface area (Å²) in [4.78, 5) is 10.9. The van der Waals surface area contributed by atoms with E-state index in [1.165, 1.54) is 29.3 Å². The van der Waals surface area contributed by atoms with Crippen molar-refractivity contribution in [1.29, 1.82) is 0 Å². The van der Waals surface area contributed by atoms with Crippen LogP contribution in [0.1, 0.15) is 5.69 Å². The molecule has 0 saturated heterocycles. The van der Waals surface area contributed by atoms with E-state index in [9.17, 15) is 35.5 Å². The summed E-state index contributed by atoms with van der Waals surface area (Å²) >= 11 is 0. The maximum atomic E-state index is 12.9. The fourth-order valence-corrected chi connectivity index (χ4v) is 1.16. The molecular weight excluding hydrogens is 299 g/mol. The van der Waals surface area contributed by atoms with Crippen molar-refractivity contribution < 1.29 is 35.5 Å². The van der Waals surface area contributed by atoms with Gasteiger partial charge in [-0.1, -0.05) is 0 Å². The average molecular weight is 307 g/mol. The first kappa shape index (κ1) is 16.2. The number of rotatable bonds is 4. The first-order valence-corrected chi connectivity index (χ1v) is 4.99. The highest BCUT2D eigenvalue weighted by atomic mass is 19.4. The Bertz CT molecular complexity index is 494. The third-order valence-corrected chi connectivity index (χ3v) is 2.23. The highest BCUT2D eigenvalue weighted by Crippen LogP contribution is 2.46. The molecule has 0 fully saturated rings. The van der Waals surface area contributed by atoms with Gasteiger partial charge in [0.25, 0.3) is 5.91 Å². The highest BCUT2D eigenvalue weighted by molar-refractivity contribution is 5.84. The normalized spacial score (nSPS) is 13.4. The lowest BCUT2D eigenvalue weighted by Gasteiger charge is -2.26. The zero-order valence-electron chi connectivity index (χ0n) is 9.81. The van der Waals surface area contributed by atoms with Crippen LogP contribution in [0.25, 0.3) is 0 Å². The van der Waals surface area contributed by atoms with E-state index in [2.05, 4.69) is 5.10 Å². The van der Waals surface area contributed by atoms with E-state index in [-0.39, 0.29) is 5.69 Å². The van der Waals surface area contributed by atoms with E-state index in [4.69, 9.17) is 0 Å². The van der Waals surface area contributed by atoms with Gasteiger partial charge in [-0.15, -0.1) is 0 Å². The van der Waals surface area contributed by atoms with Crippen molar-refractivity contribution in [3.8, 4) is 0 Å². The standard InChI is InChI=1S/C9H8F7N3O/c1-19-3-2-5(18-19)4-17-6(20)7(10,11)8(12,13)9(14,15)16/h2-3H,4H2,1H3,(H,17,20). The summed E-state index contributed by atoms with van der Waals surface area (Å²) in [7, 11) is 1.46. The minimum atomic E-state index is -6.54. The molecular formula is C9H8F7N3O. The Hall–Kier alpha value is -1.81. The number of aromatic nitrogens is 2. The van der Waals surface area contributed by atoms with Gasteiger partial charge >= 0.3 is 18.0 Å². The Kier molecular flexibility index (Phi) is 4.02. The third kappa shape index (κ3) is 2.85. The van der Waals surface area contributed by atoms with Crippen LogP contribution in [0, 0.1) is 0 Å². The van der Waals surface area contributed by atoms with Crippen molar-refractivity contribution in [3.05, 3.63) is 18.0 Å². The minimum Gasteiger partial charge on any atom is -0.345 e. The summed E-state index contributed by atoms with van der Waals surface area (Å²) < 4.78 is 87.6. The summed E-state index contributed by atoms with van der Waals surface area (Å²) in [5, 5.41) is 4.91. The van der Waals surface area contributed by atoms with Crippen molar-refractivity contribution >= 4 is 5.91 Å². The molecule has 1 amide bonds. The Morgan fingerprint density at radius 1 is 1.25 bits per heavy atom. The van der Waals surface area contributed by atoms with Crippen LogP contribution in [0.3, 0.4) is 0 Å². The van der Waals surface area contributed by atoms with Gasteiger partial charge in [0, 0.05) is 13.2 Å². The van der Waals surface area contributed by atoms with Crippen LogP contribution >= 0.6 is 0 Å². The molecule has 20 heavy (non-hydrogen) atoms. The Morgan fingerprint density at radius 3 is 2.20 bits per heavy atom. The summed E-state index contributed by atoms with van der Waals surface area (Å²) in [5.74, 6) is -15.1. The SMILES string of the molecule is Cn1ccc(CNC(=O)C(F)(F)C(F)(F)C(F)(F)F)n1. The van der Waals surface area contributed by atoms with Gasteiger partial charge in [-0.05, 0) is 6.07 Å².